The smallest absolute Gasteiger partial charge is 0.410 e. The van der Waals surface area contributed by atoms with E-state index in [0.717, 1.165) is 31.5 Å². The number of piperidine rings is 1. The van der Waals surface area contributed by atoms with Crippen molar-refractivity contribution >= 4 is 12.2 Å². The molecule has 2 aliphatic heterocycles. The monoisotopic (exact) mass is 417 g/mol. The zero-order valence-electron chi connectivity index (χ0n) is 18.4. The summed E-state index contributed by atoms with van der Waals surface area (Å²) in [6.45, 7) is 9.82. The number of likely N-dealkylation sites (tertiary alicyclic amines) is 1. The predicted octanol–water partition coefficient (Wildman–Crippen LogP) is 3.29. The predicted molar refractivity (Wildman–Crippen MR) is 115 cm³/mol. The van der Waals surface area contributed by atoms with Gasteiger partial charge in [-0.05, 0) is 45.1 Å². The van der Waals surface area contributed by atoms with E-state index < -0.39 is 5.60 Å². The molecule has 1 aromatic rings. The van der Waals surface area contributed by atoms with Crippen LogP contribution in [0.5, 0.6) is 0 Å². The summed E-state index contributed by atoms with van der Waals surface area (Å²) in [6.07, 6.45) is 1.59. The third kappa shape index (κ3) is 6.62. The Balaban J connectivity index is 1.62. The lowest BCUT2D eigenvalue weighted by atomic mass is 9.88. The van der Waals surface area contributed by atoms with Gasteiger partial charge in [0.1, 0.15) is 11.7 Å². The van der Waals surface area contributed by atoms with Crippen molar-refractivity contribution in [3.05, 3.63) is 35.9 Å². The molecule has 7 nitrogen and oxygen atoms in total. The molecule has 0 bridgehead atoms. The number of carbonyl (C=O) groups is 2. The first kappa shape index (κ1) is 22.4. The van der Waals surface area contributed by atoms with Gasteiger partial charge >= 0.3 is 12.2 Å². The van der Waals surface area contributed by atoms with Crippen molar-refractivity contribution in [1.29, 1.82) is 0 Å². The number of rotatable bonds is 4. The highest BCUT2D eigenvalue weighted by molar-refractivity contribution is 5.68. The van der Waals surface area contributed by atoms with Gasteiger partial charge in [-0.25, -0.2) is 9.59 Å². The van der Waals surface area contributed by atoms with Crippen molar-refractivity contribution in [2.45, 2.75) is 51.7 Å². The summed E-state index contributed by atoms with van der Waals surface area (Å²) in [4.78, 5) is 28.7. The van der Waals surface area contributed by atoms with Crippen LogP contribution in [0.15, 0.2) is 30.3 Å². The maximum Gasteiger partial charge on any atom is 0.410 e. The largest absolute Gasteiger partial charge is 0.445 e. The van der Waals surface area contributed by atoms with Gasteiger partial charge in [-0.2, -0.15) is 0 Å². The average molecular weight is 418 g/mol. The van der Waals surface area contributed by atoms with Gasteiger partial charge in [0.2, 0.25) is 0 Å². The van der Waals surface area contributed by atoms with Crippen molar-refractivity contribution in [2.24, 2.45) is 5.92 Å². The molecule has 2 heterocycles. The minimum absolute atomic E-state index is 0.199. The third-order valence-electron chi connectivity index (χ3n) is 5.62. The van der Waals surface area contributed by atoms with E-state index in [2.05, 4.69) is 17.4 Å². The molecule has 3 rings (SSSR count). The van der Waals surface area contributed by atoms with Gasteiger partial charge in [0.05, 0.1) is 0 Å². The van der Waals surface area contributed by atoms with Crippen LogP contribution < -0.4 is 5.32 Å². The minimum atomic E-state index is -0.497. The molecule has 30 heavy (non-hydrogen) atoms. The molecule has 7 heteroatoms. The molecule has 2 aliphatic rings. The summed E-state index contributed by atoms with van der Waals surface area (Å²) in [7, 11) is 0. The van der Waals surface area contributed by atoms with Gasteiger partial charge in [0, 0.05) is 45.7 Å². The minimum Gasteiger partial charge on any atom is -0.445 e. The SMILES string of the molecule is CC(C)(C)OC(=O)N1CCC(C(Cc2ccccc2)OC(=O)N2CCNCC2)CC1. The lowest BCUT2D eigenvalue weighted by Crippen LogP contribution is -2.49. The maximum atomic E-state index is 12.8. The van der Waals surface area contributed by atoms with Gasteiger partial charge in [-0.1, -0.05) is 30.3 Å². The Bertz CT molecular complexity index is 690. The molecule has 2 fully saturated rings. The van der Waals surface area contributed by atoms with Gasteiger partial charge in [0.15, 0.2) is 0 Å². The quantitative estimate of drug-likeness (QED) is 0.814. The molecule has 0 aromatic heterocycles. The number of hydrogen-bond donors (Lipinski definition) is 1. The number of piperazine rings is 1. The van der Waals surface area contributed by atoms with Crippen molar-refractivity contribution in [3.63, 3.8) is 0 Å². The van der Waals surface area contributed by atoms with Crippen LogP contribution in [0.2, 0.25) is 0 Å². The van der Waals surface area contributed by atoms with Crippen LogP contribution in [0.25, 0.3) is 0 Å². The van der Waals surface area contributed by atoms with E-state index in [-0.39, 0.29) is 24.2 Å². The van der Waals surface area contributed by atoms with E-state index in [9.17, 15) is 9.59 Å². The number of amides is 2. The summed E-state index contributed by atoms with van der Waals surface area (Å²) in [5.74, 6) is 0.218. The molecule has 1 N–H and O–H groups in total. The molecule has 166 valence electrons. The van der Waals surface area contributed by atoms with Crippen LogP contribution >= 0.6 is 0 Å². The second kappa shape index (κ2) is 10.2. The lowest BCUT2D eigenvalue weighted by Gasteiger charge is -2.37. The van der Waals surface area contributed by atoms with Crippen LogP contribution in [0.1, 0.15) is 39.2 Å². The van der Waals surface area contributed by atoms with Crippen LogP contribution in [0.3, 0.4) is 0 Å². The molecule has 0 spiro atoms. The van der Waals surface area contributed by atoms with Crippen LogP contribution in [0.4, 0.5) is 9.59 Å². The molecule has 0 saturated carbocycles. The van der Waals surface area contributed by atoms with E-state index in [1.807, 2.05) is 39.0 Å². The number of carbonyl (C=O) groups excluding carboxylic acids is 2. The first-order valence-corrected chi connectivity index (χ1v) is 11.0. The van der Waals surface area contributed by atoms with E-state index >= 15 is 0 Å². The number of benzene rings is 1. The summed E-state index contributed by atoms with van der Waals surface area (Å²) in [5.41, 5.74) is 0.660. The summed E-state index contributed by atoms with van der Waals surface area (Å²) in [5, 5.41) is 3.26. The van der Waals surface area contributed by atoms with Crippen molar-refractivity contribution < 1.29 is 19.1 Å². The summed E-state index contributed by atoms with van der Waals surface area (Å²) in [6, 6.07) is 10.2. The molecular weight excluding hydrogens is 382 g/mol. The fraction of sp³-hybridized carbons (Fsp3) is 0.652. The third-order valence-corrected chi connectivity index (χ3v) is 5.62. The van der Waals surface area contributed by atoms with Crippen molar-refractivity contribution in [1.82, 2.24) is 15.1 Å². The zero-order chi connectivity index (χ0) is 21.6. The molecular formula is C23H35N3O4. The van der Waals surface area contributed by atoms with E-state index in [1.165, 1.54) is 0 Å². The van der Waals surface area contributed by atoms with E-state index in [4.69, 9.17) is 9.47 Å². The van der Waals surface area contributed by atoms with Gasteiger partial charge in [-0.15, -0.1) is 0 Å². The fourth-order valence-electron chi connectivity index (χ4n) is 3.98. The Morgan fingerprint density at radius 2 is 1.60 bits per heavy atom. The Labute approximate surface area is 179 Å². The Hall–Kier alpha value is -2.28. The number of nitrogens with one attached hydrogen (secondary N) is 1. The molecule has 2 amide bonds. The Kier molecular flexibility index (Phi) is 7.58. The first-order valence-electron chi connectivity index (χ1n) is 11.0. The Morgan fingerprint density at radius 1 is 1.00 bits per heavy atom. The molecule has 1 atom stereocenters. The van der Waals surface area contributed by atoms with Gasteiger partial charge in [-0.3, -0.25) is 0 Å². The van der Waals surface area contributed by atoms with Crippen LogP contribution in [-0.4, -0.2) is 73.0 Å². The normalized spacial score (nSPS) is 19.3. The average Bonchev–Trinajstić information content (AvgIpc) is 2.73. The summed E-state index contributed by atoms with van der Waals surface area (Å²) < 4.78 is 11.5. The second-order valence-corrected chi connectivity index (χ2v) is 9.15. The van der Waals surface area contributed by atoms with Gasteiger partial charge in [0.25, 0.3) is 0 Å². The van der Waals surface area contributed by atoms with E-state index in [1.54, 1.807) is 9.80 Å². The first-order chi connectivity index (χ1) is 14.3. The highest BCUT2D eigenvalue weighted by atomic mass is 16.6. The molecule has 1 unspecified atom stereocenters. The molecule has 1 aromatic carbocycles. The molecule has 0 radical (unpaired) electrons. The van der Waals surface area contributed by atoms with Crippen LogP contribution in [0, 0.1) is 5.92 Å². The maximum absolute atomic E-state index is 12.8. The summed E-state index contributed by atoms with van der Waals surface area (Å²) >= 11 is 0. The van der Waals surface area contributed by atoms with Crippen molar-refractivity contribution in [2.75, 3.05) is 39.3 Å². The second-order valence-electron chi connectivity index (χ2n) is 9.15. The number of ether oxygens (including phenoxy) is 2. The number of hydrogen-bond acceptors (Lipinski definition) is 5. The standard InChI is InChI=1S/C23H35N3O4/c1-23(2,3)30-22(28)25-13-9-19(10-14-25)20(17-18-7-5-4-6-8-18)29-21(27)26-15-11-24-12-16-26/h4-8,19-20,24H,9-17H2,1-3H3. The highest BCUT2D eigenvalue weighted by Crippen LogP contribution is 2.27. The fourth-order valence-corrected chi connectivity index (χ4v) is 3.98. The molecule has 0 aliphatic carbocycles. The van der Waals surface area contributed by atoms with Crippen LogP contribution in [-0.2, 0) is 15.9 Å². The Morgan fingerprint density at radius 3 is 2.20 bits per heavy atom. The zero-order valence-corrected chi connectivity index (χ0v) is 18.4. The van der Waals surface area contributed by atoms with E-state index in [0.29, 0.717) is 32.6 Å². The number of nitrogens with zero attached hydrogens (tertiary/aromatic N) is 2. The lowest BCUT2D eigenvalue weighted by molar-refractivity contribution is -0.00349. The van der Waals surface area contributed by atoms with Gasteiger partial charge < -0.3 is 24.6 Å². The topological polar surface area (TPSA) is 71.1 Å². The molecule has 2 saturated heterocycles. The van der Waals surface area contributed by atoms with Crippen molar-refractivity contribution in [3.8, 4) is 0 Å². The highest BCUT2D eigenvalue weighted by Gasteiger charge is 2.33.